The van der Waals surface area contributed by atoms with Gasteiger partial charge in [0.05, 0.1) is 22.8 Å². The van der Waals surface area contributed by atoms with Gasteiger partial charge in [-0.3, -0.25) is 0 Å². The van der Waals surface area contributed by atoms with Crippen LogP contribution in [0.2, 0.25) is 10.0 Å². The van der Waals surface area contributed by atoms with Crippen molar-refractivity contribution < 1.29 is 5.11 Å². The summed E-state index contributed by atoms with van der Waals surface area (Å²) in [4.78, 5) is 3.93. The van der Waals surface area contributed by atoms with Gasteiger partial charge in [-0.2, -0.15) is 4.98 Å². The van der Waals surface area contributed by atoms with Crippen molar-refractivity contribution in [3.05, 3.63) is 33.9 Å². The third kappa shape index (κ3) is 1.92. The van der Waals surface area contributed by atoms with Gasteiger partial charge in [0.25, 0.3) is 0 Å². The number of aromatic hydroxyl groups is 1. The summed E-state index contributed by atoms with van der Waals surface area (Å²) in [6.07, 6.45) is 1.54. The highest BCUT2D eigenvalue weighted by Crippen LogP contribution is 2.37. The average Bonchev–Trinajstić information content (AvgIpc) is 2.61. The number of hydrogen-bond acceptors (Lipinski definition) is 3. The van der Waals surface area contributed by atoms with Crippen LogP contribution in [0.5, 0.6) is 5.88 Å². The fraction of sp³-hybridized carbons (Fsp3) is 0.100. The highest BCUT2D eigenvalue weighted by Gasteiger charge is 2.20. The monoisotopic (exact) mass is 291 g/mol. The molecular weight excluding hydrogens is 284 g/mol. The molecule has 1 aromatic carbocycles. The second-order valence-electron chi connectivity index (χ2n) is 3.56. The molecule has 1 aliphatic rings. The Bertz CT molecular complexity index is 582. The van der Waals surface area contributed by atoms with Gasteiger partial charge in [0.15, 0.2) is 0 Å². The van der Waals surface area contributed by atoms with Crippen molar-refractivity contribution in [2.24, 2.45) is 0 Å². The van der Waals surface area contributed by atoms with E-state index in [1.165, 1.54) is 0 Å². The zero-order chi connectivity index (χ0) is 11.3. The number of hydrogen-bond donors (Lipinski definition) is 2. The standard InChI is InChI=1S/C10H7Cl2N3O.ClH/c11-6-1-2-7-5(9(6)12)3-15-4-8(16)14-10(15)13-7;/h1-2,4,16H,3H2,(H,13,14);1H. The van der Waals surface area contributed by atoms with Crippen LogP contribution in [0.3, 0.4) is 0 Å². The molecule has 0 aliphatic carbocycles. The first kappa shape index (κ1) is 12.4. The van der Waals surface area contributed by atoms with Gasteiger partial charge < -0.3 is 15.0 Å². The molecule has 0 amide bonds. The van der Waals surface area contributed by atoms with Crippen LogP contribution in [-0.4, -0.2) is 14.7 Å². The number of nitrogens with zero attached hydrogens (tertiary/aromatic N) is 2. The van der Waals surface area contributed by atoms with E-state index in [0.717, 1.165) is 11.3 Å². The molecule has 0 atom stereocenters. The first-order valence-corrected chi connectivity index (χ1v) is 5.41. The van der Waals surface area contributed by atoms with Crippen molar-refractivity contribution in [1.82, 2.24) is 9.55 Å². The molecular formula is C10H8Cl3N3O. The zero-order valence-corrected chi connectivity index (χ0v) is 10.8. The van der Waals surface area contributed by atoms with E-state index in [-0.39, 0.29) is 18.3 Å². The maximum atomic E-state index is 9.30. The number of benzene rings is 1. The number of aromatic nitrogens is 2. The molecule has 7 heteroatoms. The van der Waals surface area contributed by atoms with Gasteiger partial charge in [0.2, 0.25) is 11.8 Å². The molecule has 2 N–H and O–H groups in total. The van der Waals surface area contributed by atoms with Crippen LogP contribution >= 0.6 is 35.6 Å². The van der Waals surface area contributed by atoms with Crippen molar-refractivity contribution in [3.63, 3.8) is 0 Å². The van der Waals surface area contributed by atoms with Gasteiger partial charge in [-0.15, -0.1) is 12.4 Å². The Morgan fingerprint density at radius 1 is 1.35 bits per heavy atom. The summed E-state index contributed by atoms with van der Waals surface area (Å²) in [5, 5.41) is 13.4. The molecule has 4 nitrogen and oxygen atoms in total. The van der Waals surface area contributed by atoms with Gasteiger partial charge in [-0.1, -0.05) is 23.2 Å². The molecule has 0 radical (unpaired) electrons. The molecule has 0 bridgehead atoms. The summed E-state index contributed by atoms with van der Waals surface area (Å²) in [6.45, 7) is 0.546. The second kappa shape index (κ2) is 4.29. The lowest BCUT2D eigenvalue weighted by Gasteiger charge is -2.20. The largest absolute Gasteiger partial charge is 0.492 e. The van der Waals surface area contributed by atoms with E-state index in [2.05, 4.69) is 10.3 Å². The number of halogens is 3. The topological polar surface area (TPSA) is 50.1 Å². The summed E-state index contributed by atoms with van der Waals surface area (Å²) in [5.74, 6) is 0.584. The number of rotatable bonds is 0. The minimum atomic E-state index is -0.0162. The molecule has 2 heterocycles. The quantitative estimate of drug-likeness (QED) is 0.667. The number of fused-ring (bicyclic) bond motifs is 2. The smallest absolute Gasteiger partial charge is 0.231 e. The van der Waals surface area contributed by atoms with E-state index in [9.17, 15) is 5.11 Å². The average molecular weight is 293 g/mol. The predicted molar refractivity (Wildman–Crippen MR) is 70.0 cm³/mol. The summed E-state index contributed by atoms with van der Waals surface area (Å²) < 4.78 is 1.78. The number of anilines is 2. The Hall–Kier alpha value is -1.10. The van der Waals surface area contributed by atoms with Gasteiger partial charge in [-0.05, 0) is 12.1 Å². The van der Waals surface area contributed by atoms with Crippen LogP contribution in [0.25, 0.3) is 0 Å². The van der Waals surface area contributed by atoms with Crippen LogP contribution in [0.4, 0.5) is 11.6 Å². The molecule has 2 aromatic rings. The van der Waals surface area contributed by atoms with Gasteiger partial charge in [-0.25, -0.2) is 0 Å². The first-order valence-electron chi connectivity index (χ1n) is 4.65. The highest BCUT2D eigenvalue weighted by molar-refractivity contribution is 6.42. The molecule has 1 aromatic heterocycles. The molecule has 90 valence electrons. The molecule has 0 spiro atoms. The molecule has 3 rings (SSSR count). The lowest BCUT2D eigenvalue weighted by molar-refractivity contribution is 0.456. The third-order valence-corrected chi connectivity index (χ3v) is 3.38. The molecule has 17 heavy (non-hydrogen) atoms. The molecule has 0 saturated carbocycles. The Balaban J connectivity index is 0.00000108. The van der Waals surface area contributed by atoms with Crippen LogP contribution in [-0.2, 0) is 6.54 Å². The summed E-state index contributed by atoms with van der Waals surface area (Å²) in [6, 6.07) is 3.58. The number of nitrogens with one attached hydrogen (secondary N) is 1. The predicted octanol–water partition coefficient (Wildman–Crippen LogP) is 3.42. The Labute approximate surface area is 114 Å². The van der Waals surface area contributed by atoms with Crippen molar-refractivity contribution >= 4 is 47.2 Å². The Morgan fingerprint density at radius 2 is 2.12 bits per heavy atom. The van der Waals surface area contributed by atoms with E-state index in [4.69, 9.17) is 23.2 Å². The van der Waals surface area contributed by atoms with E-state index >= 15 is 0 Å². The lowest BCUT2D eigenvalue weighted by Crippen LogP contribution is -2.13. The Morgan fingerprint density at radius 3 is 2.88 bits per heavy atom. The SMILES string of the molecule is Cl.Oc1cn2c(n1)Nc1ccc(Cl)c(Cl)c1C2. The normalized spacial score (nSPS) is 12.1. The summed E-state index contributed by atoms with van der Waals surface area (Å²) in [7, 11) is 0. The van der Waals surface area contributed by atoms with E-state index < -0.39 is 0 Å². The maximum Gasteiger partial charge on any atom is 0.231 e. The molecule has 0 fully saturated rings. The maximum absolute atomic E-state index is 9.30. The van der Waals surface area contributed by atoms with Crippen LogP contribution < -0.4 is 5.32 Å². The first-order chi connectivity index (χ1) is 7.65. The fourth-order valence-corrected chi connectivity index (χ4v) is 2.18. The van der Waals surface area contributed by atoms with E-state index in [1.807, 2.05) is 6.07 Å². The lowest BCUT2D eigenvalue weighted by atomic mass is 10.1. The highest BCUT2D eigenvalue weighted by atomic mass is 35.5. The van der Waals surface area contributed by atoms with Crippen molar-refractivity contribution in [3.8, 4) is 5.88 Å². The van der Waals surface area contributed by atoms with Crippen molar-refractivity contribution in [2.75, 3.05) is 5.32 Å². The fourth-order valence-electron chi connectivity index (χ4n) is 1.78. The van der Waals surface area contributed by atoms with E-state index in [0.29, 0.717) is 22.5 Å². The summed E-state index contributed by atoms with van der Waals surface area (Å²) >= 11 is 12.1. The van der Waals surface area contributed by atoms with Crippen LogP contribution in [0.15, 0.2) is 18.3 Å². The van der Waals surface area contributed by atoms with Gasteiger partial charge in [0.1, 0.15) is 0 Å². The zero-order valence-electron chi connectivity index (χ0n) is 8.44. The molecule has 0 unspecified atom stereocenters. The Kier molecular flexibility index (Phi) is 3.12. The van der Waals surface area contributed by atoms with Gasteiger partial charge >= 0.3 is 0 Å². The minimum absolute atomic E-state index is 0. The van der Waals surface area contributed by atoms with Crippen LogP contribution in [0, 0.1) is 0 Å². The van der Waals surface area contributed by atoms with Crippen molar-refractivity contribution in [1.29, 1.82) is 0 Å². The van der Waals surface area contributed by atoms with Crippen molar-refractivity contribution in [2.45, 2.75) is 6.54 Å². The molecule has 0 saturated heterocycles. The van der Waals surface area contributed by atoms with Gasteiger partial charge in [0, 0.05) is 11.3 Å². The minimum Gasteiger partial charge on any atom is -0.492 e. The van der Waals surface area contributed by atoms with E-state index in [1.54, 1.807) is 16.8 Å². The second-order valence-corrected chi connectivity index (χ2v) is 4.35. The van der Waals surface area contributed by atoms with Crippen LogP contribution in [0.1, 0.15) is 5.56 Å². The summed E-state index contributed by atoms with van der Waals surface area (Å²) in [5.41, 5.74) is 1.77. The third-order valence-electron chi connectivity index (χ3n) is 2.53. The number of imidazole rings is 1. The molecule has 1 aliphatic heterocycles.